The molecule has 1 amide bonds. The van der Waals surface area contributed by atoms with Crippen LogP contribution < -0.4 is 16.6 Å². The van der Waals surface area contributed by atoms with E-state index in [1.54, 1.807) is 6.07 Å². The Morgan fingerprint density at radius 3 is 2.78 bits per heavy atom. The summed E-state index contributed by atoms with van der Waals surface area (Å²) in [4.78, 5) is 35.8. The van der Waals surface area contributed by atoms with Gasteiger partial charge >= 0.3 is 5.69 Å². The van der Waals surface area contributed by atoms with E-state index >= 15 is 0 Å². The number of benzene rings is 1. The van der Waals surface area contributed by atoms with Crippen LogP contribution in [0.1, 0.15) is 5.56 Å². The second-order valence-electron chi connectivity index (χ2n) is 4.87. The first-order chi connectivity index (χ1) is 11.0. The molecule has 2 aromatic rings. The van der Waals surface area contributed by atoms with E-state index in [4.69, 9.17) is 0 Å². The average molecular weight is 317 g/mol. The highest BCUT2D eigenvalue weighted by molar-refractivity contribution is 5.75. The number of hydrogen-bond donors (Lipinski definition) is 1. The first-order valence-corrected chi connectivity index (χ1v) is 6.93. The van der Waals surface area contributed by atoms with Crippen LogP contribution in [0.2, 0.25) is 0 Å². The number of aromatic nitrogens is 2. The summed E-state index contributed by atoms with van der Waals surface area (Å²) in [5.74, 6) is -0.875. The van der Waals surface area contributed by atoms with E-state index in [2.05, 4.69) is 11.9 Å². The number of nitrogens with zero attached hydrogens (tertiary/aromatic N) is 2. The molecule has 0 fully saturated rings. The van der Waals surface area contributed by atoms with Crippen LogP contribution in [-0.4, -0.2) is 21.6 Å². The van der Waals surface area contributed by atoms with Gasteiger partial charge in [0.05, 0.1) is 6.54 Å². The van der Waals surface area contributed by atoms with Crippen molar-refractivity contribution in [2.24, 2.45) is 0 Å². The van der Waals surface area contributed by atoms with Gasteiger partial charge in [-0.2, -0.15) is 0 Å². The molecule has 0 aliphatic heterocycles. The van der Waals surface area contributed by atoms with E-state index < -0.39 is 23.0 Å². The summed E-state index contributed by atoms with van der Waals surface area (Å²) in [7, 11) is 0. The third kappa shape index (κ3) is 4.26. The zero-order valence-electron chi connectivity index (χ0n) is 12.4. The summed E-state index contributed by atoms with van der Waals surface area (Å²) < 4.78 is 15.3. The Bertz CT molecular complexity index is 839. The molecule has 0 radical (unpaired) electrons. The van der Waals surface area contributed by atoms with E-state index in [0.29, 0.717) is 5.56 Å². The minimum absolute atomic E-state index is 0.102. The maximum absolute atomic E-state index is 13.2. The normalized spacial score (nSPS) is 10.3. The fourth-order valence-electron chi connectivity index (χ4n) is 2.04. The molecule has 0 saturated heterocycles. The molecular formula is C16H16FN3O3. The summed E-state index contributed by atoms with van der Waals surface area (Å²) in [6.07, 6.45) is 2.82. The maximum atomic E-state index is 13.2. The third-order valence-corrected chi connectivity index (χ3v) is 3.13. The van der Waals surface area contributed by atoms with E-state index in [0.717, 1.165) is 4.57 Å². The van der Waals surface area contributed by atoms with Gasteiger partial charge in [-0.05, 0) is 17.7 Å². The zero-order chi connectivity index (χ0) is 16.8. The lowest BCUT2D eigenvalue weighted by Crippen LogP contribution is -2.43. The van der Waals surface area contributed by atoms with Crippen LogP contribution in [0.25, 0.3) is 0 Å². The van der Waals surface area contributed by atoms with Crippen molar-refractivity contribution < 1.29 is 9.18 Å². The van der Waals surface area contributed by atoms with Gasteiger partial charge in [0, 0.05) is 18.8 Å². The summed E-state index contributed by atoms with van der Waals surface area (Å²) in [5, 5.41) is 2.50. The molecule has 120 valence electrons. The number of carbonyl (C=O) groups is 1. The summed E-state index contributed by atoms with van der Waals surface area (Å²) >= 11 is 0. The predicted molar refractivity (Wildman–Crippen MR) is 83.7 cm³/mol. The Morgan fingerprint density at radius 2 is 2.09 bits per heavy atom. The summed E-state index contributed by atoms with van der Waals surface area (Å²) in [6.45, 7) is 3.43. The Labute approximate surface area is 131 Å². The molecule has 0 aliphatic rings. The van der Waals surface area contributed by atoms with Gasteiger partial charge in [-0.15, -0.1) is 6.58 Å². The molecule has 0 aliphatic carbocycles. The smallest absolute Gasteiger partial charge is 0.331 e. The van der Waals surface area contributed by atoms with Crippen molar-refractivity contribution in [1.82, 2.24) is 14.5 Å². The molecule has 1 aromatic carbocycles. The predicted octanol–water partition coefficient (Wildman–Crippen LogP) is 0.500. The highest BCUT2D eigenvalue weighted by atomic mass is 19.1. The van der Waals surface area contributed by atoms with Gasteiger partial charge in [0.15, 0.2) is 0 Å². The standard InChI is InChI=1S/C16H16FN3O3/c1-2-7-18-14(21)11-20-15(22)6-8-19(16(20)23)10-12-4-3-5-13(17)9-12/h2-6,8-9H,1,7,10-11H2,(H,18,21). The van der Waals surface area contributed by atoms with Crippen LogP contribution in [0.4, 0.5) is 4.39 Å². The minimum atomic E-state index is -0.629. The molecule has 1 N–H and O–H groups in total. The highest BCUT2D eigenvalue weighted by Gasteiger charge is 2.10. The van der Waals surface area contributed by atoms with Gasteiger partial charge in [0.25, 0.3) is 5.56 Å². The van der Waals surface area contributed by atoms with Crippen molar-refractivity contribution in [2.45, 2.75) is 13.1 Å². The molecule has 7 heteroatoms. The minimum Gasteiger partial charge on any atom is -0.351 e. The van der Waals surface area contributed by atoms with Crippen molar-refractivity contribution in [2.75, 3.05) is 6.54 Å². The van der Waals surface area contributed by atoms with Crippen molar-refractivity contribution >= 4 is 5.91 Å². The number of rotatable bonds is 6. The van der Waals surface area contributed by atoms with Crippen molar-refractivity contribution in [3.63, 3.8) is 0 Å². The number of nitrogens with one attached hydrogen (secondary N) is 1. The van der Waals surface area contributed by atoms with Crippen LogP contribution in [0.15, 0.2) is 58.8 Å². The van der Waals surface area contributed by atoms with E-state index in [1.807, 2.05) is 0 Å². The lowest BCUT2D eigenvalue weighted by molar-refractivity contribution is -0.121. The van der Waals surface area contributed by atoms with Crippen LogP contribution >= 0.6 is 0 Å². The lowest BCUT2D eigenvalue weighted by atomic mass is 10.2. The number of carbonyl (C=O) groups excluding carboxylic acids is 1. The maximum Gasteiger partial charge on any atom is 0.331 e. The monoisotopic (exact) mass is 317 g/mol. The molecule has 0 unspecified atom stereocenters. The first kappa shape index (κ1) is 16.4. The molecule has 2 rings (SSSR count). The molecule has 1 aromatic heterocycles. The van der Waals surface area contributed by atoms with E-state index in [9.17, 15) is 18.8 Å². The number of amides is 1. The molecule has 23 heavy (non-hydrogen) atoms. The molecule has 6 nitrogen and oxygen atoms in total. The third-order valence-electron chi connectivity index (χ3n) is 3.13. The number of hydrogen-bond acceptors (Lipinski definition) is 3. The highest BCUT2D eigenvalue weighted by Crippen LogP contribution is 2.04. The van der Waals surface area contributed by atoms with Gasteiger partial charge in [-0.3, -0.25) is 18.7 Å². The number of halogens is 1. The second-order valence-corrected chi connectivity index (χ2v) is 4.87. The molecule has 0 spiro atoms. The van der Waals surface area contributed by atoms with Crippen LogP contribution in [-0.2, 0) is 17.9 Å². The summed E-state index contributed by atoms with van der Waals surface area (Å²) in [5.41, 5.74) is -0.622. The Morgan fingerprint density at radius 1 is 1.30 bits per heavy atom. The average Bonchev–Trinajstić information content (AvgIpc) is 2.52. The van der Waals surface area contributed by atoms with Crippen molar-refractivity contribution in [1.29, 1.82) is 0 Å². The second kappa shape index (κ2) is 7.35. The SMILES string of the molecule is C=CCNC(=O)Cn1c(=O)ccn(Cc2cccc(F)c2)c1=O. The molecular weight excluding hydrogens is 301 g/mol. The zero-order valence-corrected chi connectivity index (χ0v) is 12.4. The van der Waals surface area contributed by atoms with Gasteiger partial charge in [0.1, 0.15) is 12.4 Å². The molecule has 0 bridgehead atoms. The van der Waals surface area contributed by atoms with Gasteiger partial charge in [-0.25, -0.2) is 9.18 Å². The topological polar surface area (TPSA) is 73.1 Å². The Balaban J connectivity index is 2.28. The Hall–Kier alpha value is -2.96. The summed E-state index contributed by atoms with van der Waals surface area (Å²) in [6, 6.07) is 7.01. The molecule has 1 heterocycles. The quantitative estimate of drug-likeness (QED) is 0.789. The van der Waals surface area contributed by atoms with Gasteiger partial charge in [-0.1, -0.05) is 18.2 Å². The molecule has 0 atom stereocenters. The van der Waals surface area contributed by atoms with E-state index in [-0.39, 0.29) is 19.6 Å². The lowest BCUT2D eigenvalue weighted by Gasteiger charge is -2.10. The fourth-order valence-corrected chi connectivity index (χ4v) is 2.04. The first-order valence-electron chi connectivity index (χ1n) is 6.93. The van der Waals surface area contributed by atoms with Crippen LogP contribution in [0.3, 0.4) is 0 Å². The van der Waals surface area contributed by atoms with Crippen LogP contribution in [0.5, 0.6) is 0 Å². The van der Waals surface area contributed by atoms with Crippen molar-refractivity contribution in [3.8, 4) is 0 Å². The Kier molecular flexibility index (Phi) is 5.24. The van der Waals surface area contributed by atoms with Gasteiger partial charge in [0.2, 0.25) is 5.91 Å². The molecule has 0 saturated carbocycles. The van der Waals surface area contributed by atoms with Crippen LogP contribution in [0, 0.1) is 5.82 Å². The fraction of sp³-hybridized carbons (Fsp3) is 0.188. The van der Waals surface area contributed by atoms with Crippen molar-refractivity contribution in [3.05, 3.63) is 81.4 Å². The largest absolute Gasteiger partial charge is 0.351 e. The van der Waals surface area contributed by atoms with E-state index in [1.165, 1.54) is 41.1 Å². The van der Waals surface area contributed by atoms with Gasteiger partial charge < -0.3 is 5.32 Å².